The Kier molecular flexibility index (Phi) is 3.72. The summed E-state index contributed by atoms with van der Waals surface area (Å²) in [6.45, 7) is 1.76. The minimum Gasteiger partial charge on any atom is -0.331 e. The first-order valence-corrected chi connectivity index (χ1v) is 5.59. The van der Waals surface area contributed by atoms with Gasteiger partial charge in [0.1, 0.15) is 0 Å². The van der Waals surface area contributed by atoms with Gasteiger partial charge in [-0.3, -0.25) is 9.59 Å². The quantitative estimate of drug-likeness (QED) is 0.776. The molecule has 1 aromatic rings. The molecule has 2 amide bonds. The summed E-state index contributed by atoms with van der Waals surface area (Å²) < 4.78 is 0. The molecule has 0 aromatic heterocycles. The van der Waals surface area contributed by atoms with Gasteiger partial charge in [-0.15, -0.1) is 0 Å². The maximum absolute atomic E-state index is 11.7. The minimum atomic E-state index is -0.161. The molecular formula is C12H15N3O2. The zero-order valence-electron chi connectivity index (χ0n) is 9.48. The minimum absolute atomic E-state index is 0.0283. The maximum atomic E-state index is 11.7. The van der Waals surface area contributed by atoms with E-state index in [9.17, 15) is 9.59 Å². The van der Waals surface area contributed by atoms with E-state index in [0.29, 0.717) is 13.1 Å². The number of carbonyl (C=O) groups excluding carboxylic acids is 2. The summed E-state index contributed by atoms with van der Waals surface area (Å²) in [5.41, 5.74) is 0.750. The lowest BCUT2D eigenvalue weighted by atomic mass is 10.3. The molecule has 2 rings (SSSR count). The second-order valence-corrected chi connectivity index (χ2v) is 3.91. The van der Waals surface area contributed by atoms with E-state index in [4.69, 9.17) is 0 Å². The van der Waals surface area contributed by atoms with Gasteiger partial charge >= 0.3 is 0 Å². The molecule has 0 spiro atoms. The Hall–Kier alpha value is -1.88. The van der Waals surface area contributed by atoms with Crippen LogP contribution in [0.4, 0.5) is 5.69 Å². The van der Waals surface area contributed by atoms with E-state index in [0.717, 1.165) is 12.2 Å². The molecule has 0 unspecified atom stereocenters. The molecule has 2 N–H and O–H groups in total. The van der Waals surface area contributed by atoms with E-state index in [1.165, 1.54) is 0 Å². The lowest BCUT2D eigenvalue weighted by molar-refractivity contribution is -0.135. The van der Waals surface area contributed by atoms with Gasteiger partial charge in [0.15, 0.2) is 0 Å². The Bertz CT molecular complexity index is 405. The van der Waals surface area contributed by atoms with Crippen LogP contribution in [-0.2, 0) is 9.59 Å². The summed E-state index contributed by atoms with van der Waals surface area (Å²) >= 11 is 0. The maximum Gasteiger partial charge on any atom is 0.243 e. The molecule has 90 valence electrons. The summed E-state index contributed by atoms with van der Waals surface area (Å²) in [4.78, 5) is 24.7. The monoisotopic (exact) mass is 233 g/mol. The number of hydrogen-bond donors (Lipinski definition) is 2. The van der Waals surface area contributed by atoms with Gasteiger partial charge in [0.05, 0.1) is 13.1 Å². The van der Waals surface area contributed by atoms with E-state index >= 15 is 0 Å². The molecule has 0 saturated carbocycles. The van der Waals surface area contributed by atoms with Crippen LogP contribution in [0.2, 0.25) is 0 Å². The summed E-state index contributed by atoms with van der Waals surface area (Å²) in [7, 11) is 0. The standard InChI is InChI=1S/C12H15N3O2/c16-11(14-10-4-2-1-3-5-10)9-15-7-6-13-8-12(15)17/h1-5,13H,6-9H2,(H,14,16). The van der Waals surface area contributed by atoms with Gasteiger partial charge in [-0.2, -0.15) is 0 Å². The zero-order valence-corrected chi connectivity index (χ0v) is 9.48. The molecule has 5 heteroatoms. The van der Waals surface area contributed by atoms with E-state index < -0.39 is 0 Å². The fourth-order valence-electron chi connectivity index (χ4n) is 1.71. The van der Waals surface area contributed by atoms with Crippen molar-refractivity contribution in [2.45, 2.75) is 0 Å². The number of nitrogens with one attached hydrogen (secondary N) is 2. The highest BCUT2D eigenvalue weighted by molar-refractivity contribution is 5.94. The normalized spacial score (nSPS) is 15.8. The average Bonchev–Trinajstić information content (AvgIpc) is 2.33. The molecule has 1 heterocycles. The van der Waals surface area contributed by atoms with Crippen LogP contribution in [0.3, 0.4) is 0 Å². The smallest absolute Gasteiger partial charge is 0.243 e. The Morgan fingerprint density at radius 2 is 2.12 bits per heavy atom. The molecule has 5 nitrogen and oxygen atoms in total. The van der Waals surface area contributed by atoms with Crippen LogP contribution >= 0.6 is 0 Å². The predicted molar refractivity (Wildman–Crippen MR) is 64.5 cm³/mol. The van der Waals surface area contributed by atoms with Gasteiger partial charge in [0, 0.05) is 18.8 Å². The first kappa shape index (κ1) is 11.6. The van der Waals surface area contributed by atoms with Crippen molar-refractivity contribution < 1.29 is 9.59 Å². The SMILES string of the molecule is O=C(CN1CCNCC1=O)Nc1ccccc1. The van der Waals surface area contributed by atoms with Crippen LogP contribution in [-0.4, -0.2) is 42.9 Å². The Morgan fingerprint density at radius 3 is 2.82 bits per heavy atom. The average molecular weight is 233 g/mol. The molecule has 1 aliphatic heterocycles. The van der Waals surface area contributed by atoms with Crippen LogP contribution in [0.1, 0.15) is 0 Å². The number of rotatable bonds is 3. The molecule has 0 aliphatic carbocycles. The van der Waals surface area contributed by atoms with Gasteiger partial charge < -0.3 is 15.5 Å². The van der Waals surface area contributed by atoms with E-state index in [1.807, 2.05) is 30.3 Å². The van der Waals surface area contributed by atoms with Crippen molar-refractivity contribution in [2.24, 2.45) is 0 Å². The first-order valence-electron chi connectivity index (χ1n) is 5.59. The van der Waals surface area contributed by atoms with Crippen molar-refractivity contribution in [3.63, 3.8) is 0 Å². The third-order valence-corrected chi connectivity index (χ3v) is 2.58. The van der Waals surface area contributed by atoms with Crippen molar-refractivity contribution in [3.05, 3.63) is 30.3 Å². The molecule has 1 aliphatic rings. The van der Waals surface area contributed by atoms with Crippen LogP contribution in [0.15, 0.2) is 30.3 Å². The third kappa shape index (κ3) is 3.29. The number of benzene rings is 1. The Morgan fingerprint density at radius 1 is 1.35 bits per heavy atom. The second-order valence-electron chi connectivity index (χ2n) is 3.91. The van der Waals surface area contributed by atoms with E-state index in [2.05, 4.69) is 10.6 Å². The largest absolute Gasteiger partial charge is 0.331 e. The first-order chi connectivity index (χ1) is 8.25. The molecule has 1 aromatic carbocycles. The summed E-state index contributed by atoms with van der Waals surface area (Å²) in [5.74, 6) is -0.189. The number of para-hydroxylation sites is 1. The summed E-state index contributed by atoms with van der Waals surface area (Å²) in [5, 5.41) is 5.72. The molecule has 0 atom stereocenters. The van der Waals surface area contributed by atoms with Crippen molar-refractivity contribution in [1.29, 1.82) is 0 Å². The van der Waals surface area contributed by atoms with Crippen LogP contribution in [0.25, 0.3) is 0 Å². The van der Waals surface area contributed by atoms with Gasteiger partial charge in [0.25, 0.3) is 0 Å². The fraction of sp³-hybridized carbons (Fsp3) is 0.333. The van der Waals surface area contributed by atoms with Crippen LogP contribution in [0.5, 0.6) is 0 Å². The molecule has 1 saturated heterocycles. The van der Waals surface area contributed by atoms with Gasteiger partial charge in [-0.05, 0) is 12.1 Å². The highest BCUT2D eigenvalue weighted by Gasteiger charge is 2.19. The van der Waals surface area contributed by atoms with Crippen molar-refractivity contribution in [2.75, 3.05) is 31.5 Å². The lowest BCUT2D eigenvalue weighted by Crippen LogP contribution is -2.50. The zero-order chi connectivity index (χ0) is 12.1. The number of anilines is 1. The fourth-order valence-corrected chi connectivity index (χ4v) is 1.71. The number of piperazine rings is 1. The Labute approximate surface area is 99.8 Å². The van der Waals surface area contributed by atoms with Gasteiger partial charge in [-0.25, -0.2) is 0 Å². The molecule has 1 fully saturated rings. The van der Waals surface area contributed by atoms with Crippen molar-refractivity contribution in [1.82, 2.24) is 10.2 Å². The van der Waals surface area contributed by atoms with Crippen LogP contribution in [0, 0.1) is 0 Å². The molecular weight excluding hydrogens is 218 g/mol. The number of amides is 2. The number of hydrogen-bond acceptors (Lipinski definition) is 3. The molecule has 0 radical (unpaired) electrons. The molecule has 0 bridgehead atoms. The topological polar surface area (TPSA) is 61.4 Å². The highest BCUT2D eigenvalue weighted by atomic mass is 16.2. The predicted octanol–water partition coefficient (Wildman–Crippen LogP) is 0.0569. The van der Waals surface area contributed by atoms with E-state index in [1.54, 1.807) is 4.90 Å². The summed E-state index contributed by atoms with van der Waals surface area (Å²) in [6.07, 6.45) is 0. The van der Waals surface area contributed by atoms with Crippen molar-refractivity contribution >= 4 is 17.5 Å². The van der Waals surface area contributed by atoms with Gasteiger partial charge in [-0.1, -0.05) is 18.2 Å². The second kappa shape index (κ2) is 5.45. The number of carbonyl (C=O) groups is 2. The molecule has 17 heavy (non-hydrogen) atoms. The van der Waals surface area contributed by atoms with Crippen molar-refractivity contribution in [3.8, 4) is 0 Å². The highest BCUT2D eigenvalue weighted by Crippen LogP contribution is 2.05. The number of nitrogens with zero attached hydrogens (tertiary/aromatic N) is 1. The van der Waals surface area contributed by atoms with E-state index in [-0.39, 0.29) is 18.4 Å². The van der Waals surface area contributed by atoms with Crippen LogP contribution < -0.4 is 10.6 Å². The van der Waals surface area contributed by atoms with Gasteiger partial charge in [0.2, 0.25) is 11.8 Å². The Balaban J connectivity index is 1.87. The lowest BCUT2D eigenvalue weighted by Gasteiger charge is -2.26. The summed E-state index contributed by atoms with van der Waals surface area (Å²) in [6, 6.07) is 9.22. The third-order valence-electron chi connectivity index (χ3n) is 2.58.